The van der Waals surface area contributed by atoms with Crippen LogP contribution in [0.15, 0.2) is 18.2 Å². The standard InChI is InChI=1S/C16H21F2N3O2.ClH/c1-10(22)20-15(13-5-4-11(17)7-14(13)18)8-16(23)21-12-3-2-6-19-9-12;/h4-5,7,12,15,19H,2-3,6,8-9H2,1H3,(H,20,22)(H,21,23);1H. The van der Waals surface area contributed by atoms with E-state index >= 15 is 0 Å². The molecule has 0 aromatic heterocycles. The highest BCUT2D eigenvalue weighted by atomic mass is 35.5. The van der Waals surface area contributed by atoms with E-state index in [1.807, 2.05) is 0 Å². The van der Waals surface area contributed by atoms with Crippen LogP contribution in [0, 0.1) is 11.6 Å². The summed E-state index contributed by atoms with van der Waals surface area (Å²) in [6, 6.07) is 2.31. The molecule has 2 atom stereocenters. The Balaban J connectivity index is 0.00000288. The van der Waals surface area contributed by atoms with Crippen LogP contribution in [-0.4, -0.2) is 30.9 Å². The molecule has 2 unspecified atom stereocenters. The van der Waals surface area contributed by atoms with Crippen LogP contribution >= 0.6 is 12.4 Å². The van der Waals surface area contributed by atoms with Gasteiger partial charge in [-0.25, -0.2) is 8.78 Å². The molecular weight excluding hydrogens is 340 g/mol. The van der Waals surface area contributed by atoms with Gasteiger partial charge >= 0.3 is 0 Å². The Hall–Kier alpha value is -1.73. The van der Waals surface area contributed by atoms with Gasteiger partial charge in [0.05, 0.1) is 12.5 Å². The predicted molar refractivity (Wildman–Crippen MR) is 88.8 cm³/mol. The number of rotatable bonds is 5. The minimum Gasteiger partial charge on any atom is -0.352 e. The topological polar surface area (TPSA) is 70.2 Å². The van der Waals surface area contributed by atoms with Gasteiger partial charge in [-0.2, -0.15) is 0 Å². The van der Waals surface area contributed by atoms with Crippen molar-refractivity contribution in [2.45, 2.75) is 38.3 Å². The number of carbonyl (C=O) groups is 2. The fraction of sp³-hybridized carbons (Fsp3) is 0.500. The van der Waals surface area contributed by atoms with Crippen LogP contribution in [0.25, 0.3) is 0 Å². The zero-order valence-electron chi connectivity index (χ0n) is 13.4. The van der Waals surface area contributed by atoms with E-state index in [-0.39, 0.29) is 42.2 Å². The Bertz CT molecular complexity index is 580. The summed E-state index contributed by atoms with van der Waals surface area (Å²) in [6.45, 7) is 2.92. The van der Waals surface area contributed by atoms with Crippen molar-refractivity contribution in [2.75, 3.05) is 13.1 Å². The van der Waals surface area contributed by atoms with Crippen LogP contribution in [0.1, 0.15) is 37.8 Å². The molecule has 24 heavy (non-hydrogen) atoms. The van der Waals surface area contributed by atoms with Gasteiger partial charge < -0.3 is 16.0 Å². The predicted octanol–water partition coefficient (Wildman–Crippen LogP) is 1.82. The minimum atomic E-state index is -0.829. The minimum absolute atomic E-state index is 0. The maximum absolute atomic E-state index is 13.9. The highest BCUT2D eigenvalue weighted by molar-refractivity contribution is 5.85. The second kappa shape index (κ2) is 9.54. The number of amides is 2. The van der Waals surface area contributed by atoms with Gasteiger partial charge in [0.15, 0.2) is 0 Å². The van der Waals surface area contributed by atoms with E-state index in [4.69, 9.17) is 0 Å². The summed E-state index contributed by atoms with van der Waals surface area (Å²) in [5.74, 6) is -2.14. The van der Waals surface area contributed by atoms with Gasteiger partial charge in [0.1, 0.15) is 11.6 Å². The molecule has 1 heterocycles. The Labute approximate surface area is 146 Å². The number of hydrogen-bond acceptors (Lipinski definition) is 3. The van der Waals surface area contributed by atoms with Crippen molar-refractivity contribution in [1.29, 1.82) is 0 Å². The van der Waals surface area contributed by atoms with E-state index in [9.17, 15) is 18.4 Å². The largest absolute Gasteiger partial charge is 0.352 e. The molecule has 0 saturated carbocycles. The first kappa shape index (κ1) is 20.3. The average Bonchev–Trinajstić information content (AvgIpc) is 2.47. The Morgan fingerprint density at radius 1 is 1.38 bits per heavy atom. The smallest absolute Gasteiger partial charge is 0.222 e. The lowest BCUT2D eigenvalue weighted by molar-refractivity contribution is -0.123. The SMILES string of the molecule is CC(=O)NC(CC(=O)NC1CCCNC1)c1ccc(F)cc1F.Cl. The van der Waals surface area contributed by atoms with Crippen LogP contribution < -0.4 is 16.0 Å². The molecule has 0 radical (unpaired) electrons. The molecule has 1 aliphatic heterocycles. The third-order valence-corrected chi connectivity index (χ3v) is 3.77. The number of hydrogen-bond donors (Lipinski definition) is 3. The number of carbonyl (C=O) groups excluding carboxylic acids is 2. The molecule has 1 saturated heterocycles. The molecule has 2 rings (SSSR count). The molecule has 1 fully saturated rings. The highest BCUT2D eigenvalue weighted by Crippen LogP contribution is 2.21. The maximum Gasteiger partial charge on any atom is 0.222 e. The van der Waals surface area contributed by atoms with Gasteiger partial charge in [0, 0.05) is 31.1 Å². The lowest BCUT2D eigenvalue weighted by Gasteiger charge is -2.25. The van der Waals surface area contributed by atoms with Crippen molar-refractivity contribution in [3.63, 3.8) is 0 Å². The van der Waals surface area contributed by atoms with Crippen molar-refractivity contribution >= 4 is 24.2 Å². The van der Waals surface area contributed by atoms with Gasteiger partial charge in [-0.1, -0.05) is 6.07 Å². The van der Waals surface area contributed by atoms with E-state index < -0.39 is 17.7 Å². The van der Waals surface area contributed by atoms with Crippen LogP contribution in [0.3, 0.4) is 0 Å². The van der Waals surface area contributed by atoms with Crippen LogP contribution in [0.2, 0.25) is 0 Å². The molecule has 0 aliphatic carbocycles. The van der Waals surface area contributed by atoms with E-state index in [1.54, 1.807) is 0 Å². The molecule has 2 amide bonds. The number of benzene rings is 1. The zero-order chi connectivity index (χ0) is 16.8. The average molecular weight is 362 g/mol. The van der Waals surface area contributed by atoms with Crippen molar-refractivity contribution in [3.8, 4) is 0 Å². The first-order valence-electron chi connectivity index (χ1n) is 7.68. The second-order valence-corrected chi connectivity index (χ2v) is 5.73. The third kappa shape index (κ3) is 6.05. The molecule has 3 N–H and O–H groups in total. The fourth-order valence-corrected chi connectivity index (χ4v) is 2.72. The lowest BCUT2D eigenvalue weighted by Crippen LogP contribution is -2.46. The molecular formula is C16H22ClF2N3O2. The zero-order valence-corrected chi connectivity index (χ0v) is 14.2. The van der Waals surface area contributed by atoms with Crippen molar-refractivity contribution in [1.82, 2.24) is 16.0 Å². The number of piperidine rings is 1. The van der Waals surface area contributed by atoms with Crippen LogP contribution in [-0.2, 0) is 9.59 Å². The molecule has 1 aromatic rings. The van der Waals surface area contributed by atoms with Gasteiger partial charge in [-0.3, -0.25) is 9.59 Å². The first-order chi connectivity index (χ1) is 11.0. The van der Waals surface area contributed by atoms with E-state index in [0.29, 0.717) is 6.54 Å². The molecule has 0 spiro atoms. The van der Waals surface area contributed by atoms with Gasteiger partial charge in [0.25, 0.3) is 0 Å². The highest BCUT2D eigenvalue weighted by Gasteiger charge is 2.23. The van der Waals surface area contributed by atoms with Crippen molar-refractivity contribution in [3.05, 3.63) is 35.4 Å². The Kier molecular flexibility index (Phi) is 8.07. The maximum atomic E-state index is 13.9. The molecule has 0 bridgehead atoms. The molecule has 1 aliphatic rings. The summed E-state index contributed by atoms with van der Waals surface area (Å²) in [5, 5.41) is 8.61. The summed E-state index contributed by atoms with van der Waals surface area (Å²) in [4.78, 5) is 23.5. The monoisotopic (exact) mass is 361 g/mol. The van der Waals surface area contributed by atoms with E-state index in [0.717, 1.165) is 31.5 Å². The normalized spacial score (nSPS) is 18.2. The Morgan fingerprint density at radius 3 is 2.71 bits per heavy atom. The fourth-order valence-electron chi connectivity index (χ4n) is 2.72. The van der Waals surface area contributed by atoms with Gasteiger partial charge in [-0.15, -0.1) is 12.4 Å². The van der Waals surface area contributed by atoms with Crippen LogP contribution in [0.4, 0.5) is 8.78 Å². The second-order valence-electron chi connectivity index (χ2n) is 5.73. The molecule has 5 nitrogen and oxygen atoms in total. The van der Waals surface area contributed by atoms with Gasteiger partial charge in [-0.05, 0) is 25.5 Å². The van der Waals surface area contributed by atoms with Crippen molar-refractivity contribution in [2.24, 2.45) is 0 Å². The van der Waals surface area contributed by atoms with Gasteiger partial charge in [0.2, 0.25) is 11.8 Å². The summed E-state index contributed by atoms with van der Waals surface area (Å²) >= 11 is 0. The third-order valence-electron chi connectivity index (χ3n) is 3.77. The van der Waals surface area contributed by atoms with Crippen LogP contribution in [0.5, 0.6) is 0 Å². The first-order valence-corrected chi connectivity index (χ1v) is 7.68. The molecule has 8 heteroatoms. The molecule has 1 aromatic carbocycles. The summed E-state index contributed by atoms with van der Waals surface area (Å²) in [5.41, 5.74) is 0.0959. The number of nitrogens with one attached hydrogen (secondary N) is 3. The summed E-state index contributed by atoms with van der Waals surface area (Å²) in [7, 11) is 0. The molecule has 134 valence electrons. The summed E-state index contributed by atoms with van der Waals surface area (Å²) in [6.07, 6.45) is 1.76. The number of halogens is 3. The Morgan fingerprint density at radius 2 is 2.12 bits per heavy atom. The van der Waals surface area contributed by atoms with Crippen molar-refractivity contribution < 1.29 is 18.4 Å². The lowest BCUT2D eigenvalue weighted by atomic mass is 10.0. The quantitative estimate of drug-likeness (QED) is 0.749. The van der Waals surface area contributed by atoms with E-state index in [2.05, 4.69) is 16.0 Å². The van der Waals surface area contributed by atoms with E-state index in [1.165, 1.54) is 13.0 Å². The summed E-state index contributed by atoms with van der Waals surface area (Å²) < 4.78 is 27.0.